The van der Waals surface area contributed by atoms with Gasteiger partial charge in [0.05, 0.1) is 6.10 Å². The van der Waals surface area contributed by atoms with Crippen LogP contribution < -0.4 is 15.0 Å². The number of nitrogens with zero attached hydrogens (tertiary/aromatic N) is 1. The molecule has 4 heteroatoms. The van der Waals surface area contributed by atoms with E-state index in [1.807, 2.05) is 52.2 Å². The van der Waals surface area contributed by atoms with Gasteiger partial charge in [-0.2, -0.15) is 0 Å². The van der Waals surface area contributed by atoms with E-state index in [2.05, 4.69) is 46.6 Å². The van der Waals surface area contributed by atoms with Crippen LogP contribution in [0.1, 0.15) is 42.9 Å². The van der Waals surface area contributed by atoms with E-state index >= 15 is 0 Å². The van der Waals surface area contributed by atoms with Crippen molar-refractivity contribution in [3.8, 4) is 5.75 Å². The van der Waals surface area contributed by atoms with Crippen LogP contribution in [0.5, 0.6) is 5.75 Å². The Morgan fingerprint density at radius 3 is 1.97 bits per heavy atom. The summed E-state index contributed by atoms with van der Waals surface area (Å²) in [4.78, 5) is 2.10. The Balaban J connectivity index is 1.65. The van der Waals surface area contributed by atoms with Crippen LogP contribution in [0.4, 0.5) is 10.1 Å². The second-order valence-electron chi connectivity index (χ2n) is 8.37. The van der Waals surface area contributed by atoms with E-state index in [9.17, 15) is 4.39 Å². The summed E-state index contributed by atoms with van der Waals surface area (Å²) in [7, 11) is 4.09. The molecular formula is C27H33FN2O. The standard InChI is InChI=1S/C27H33FN2O/c1-20(2)31-26-15-9-23(10-16-26)27(22-7-11-24(28)12-8-22)17-18-29-19-21-5-13-25(14-6-21)30(3)4/h5-16,20,27,29H,17-19H2,1-4H3. The molecule has 0 aliphatic carbocycles. The number of anilines is 1. The summed E-state index contributed by atoms with van der Waals surface area (Å²) in [6.45, 7) is 5.73. The van der Waals surface area contributed by atoms with Crippen molar-refractivity contribution in [2.24, 2.45) is 0 Å². The molecule has 0 bridgehead atoms. The van der Waals surface area contributed by atoms with Crippen molar-refractivity contribution in [1.29, 1.82) is 0 Å². The zero-order chi connectivity index (χ0) is 22.2. The van der Waals surface area contributed by atoms with Crippen LogP contribution in [0, 0.1) is 5.82 Å². The summed E-state index contributed by atoms with van der Waals surface area (Å²) in [5.74, 6) is 0.857. The van der Waals surface area contributed by atoms with E-state index in [-0.39, 0.29) is 17.8 Å². The van der Waals surface area contributed by atoms with Crippen molar-refractivity contribution in [2.45, 2.75) is 38.8 Å². The highest BCUT2D eigenvalue weighted by molar-refractivity contribution is 5.46. The lowest BCUT2D eigenvalue weighted by Gasteiger charge is -2.20. The summed E-state index contributed by atoms with van der Waals surface area (Å²) < 4.78 is 19.2. The molecule has 3 aromatic rings. The van der Waals surface area contributed by atoms with E-state index in [1.165, 1.54) is 28.9 Å². The van der Waals surface area contributed by atoms with Crippen LogP contribution in [0.15, 0.2) is 72.8 Å². The zero-order valence-electron chi connectivity index (χ0n) is 18.9. The molecule has 0 fully saturated rings. The highest BCUT2D eigenvalue weighted by Crippen LogP contribution is 2.29. The Labute approximate surface area is 185 Å². The van der Waals surface area contributed by atoms with Crippen LogP contribution in [0.2, 0.25) is 0 Å². The third-order valence-corrected chi connectivity index (χ3v) is 5.32. The molecule has 0 aromatic heterocycles. The zero-order valence-corrected chi connectivity index (χ0v) is 18.9. The highest BCUT2D eigenvalue weighted by atomic mass is 19.1. The minimum atomic E-state index is -0.206. The van der Waals surface area contributed by atoms with Gasteiger partial charge in [0.15, 0.2) is 0 Å². The molecular weight excluding hydrogens is 387 g/mol. The van der Waals surface area contributed by atoms with Gasteiger partial charge in [-0.1, -0.05) is 36.4 Å². The molecule has 3 aromatic carbocycles. The third kappa shape index (κ3) is 6.83. The summed E-state index contributed by atoms with van der Waals surface area (Å²) in [6, 6.07) is 23.7. The maximum absolute atomic E-state index is 13.5. The molecule has 3 rings (SSSR count). The van der Waals surface area contributed by atoms with E-state index in [0.29, 0.717) is 0 Å². The van der Waals surface area contributed by atoms with Crippen molar-refractivity contribution in [1.82, 2.24) is 5.32 Å². The molecule has 1 N–H and O–H groups in total. The van der Waals surface area contributed by atoms with Crippen molar-refractivity contribution >= 4 is 5.69 Å². The first-order chi connectivity index (χ1) is 14.9. The van der Waals surface area contributed by atoms with Gasteiger partial charge >= 0.3 is 0 Å². The van der Waals surface area contributed by atoms with Gasteiger partial charge in [0, 0.05) is 32.2 Å². The third-order valence-electron chi connectivity index (χ3n) is 5.32. The maximum atomic E-state index is 13.5. The first-order valence-electron chi connectivity index (χ1n) is 10.9. The summed E-state index contributed by atoms with van der Waals surface area (Å²) in [5.41, 5.74) is 4.79. The Kier molecular flexibility index (Phi) is 8.07. The first-order valence-corrected chi connectivity index (χ1v) is 10.9. The monoisotopic (exact) mass is 420 g/mol. The number of rotatable bonds is 10. The second kappa shape index (κ2) is 11.0. The van der Waals surface area contributed by atoms with Crippen molar-refractivity contribution in [3.05, 3.63) is 95.3 Å². The SMILES string of the molecule is CC(C)Oc1ccc(C(CCNCc2ccc(N(C)C)cc2)c2ccc(F)cc2)cc1. The van der Waals surface area contributed by atoms with Gasteiger partial charge in [0.25, 0.3) is 0 Å². The van der Waals surface area contributed by atoms with Gasteiger partial charge in [-0.3, -0.25) is 0 Å². The van der Waals surface area contributed by atoms with Gasteiger partial charge < -0.3 is 15.0 Å². The Morgan fingerprint density at radius 1 is 0.839 bits per heavy atom. The Morgan fingerprint density at radius 2 is 1.42 bits per heavy atom. The minimum Gasteiger partial charge on any atom is -0.491 e. The number of benzene rings is 3. The number of hydrogen-bond donors (Lipinski definition) is 1. The molecule has 31 heavy (non-hydrogen) atoms. The van der Waals surface area contributed by atoms with Gasteiger partial charge in [-0.05, 0) is 79.9 Å². The fraction of sp³-hybridized carbons (Fsp3) is 0.333. The molecule has 3 nitrogen and oxygen atoms in total. The summed E-state index contributed by atoms with van der Waals surface area (Å²) >= 11 is 0. The normalized spacial score (nSPS) is 12.1. The van der Waals surface area contributed by atoms with E-state index in [4.69, 9.17) is 4.74 Å². The lowest BCUT2D eigenvalue weighted by Crippen LogP contribution is -2.18. The minimum absolute atomic E-state index is 0.148. The fourth-order valence-electron chi connectivity index (χ4n) is 3.66. The molecule has 0 saturated heterocycles. The van der Waals surface area contributed by atoms with Gasteiger partial charge in [0.2, 0.25) is 0 Å². The van der Waals surface area contributed by atoms with Gasteiger partial charge in [-0.25, -0.2) is 4.39 Å². The highest BCUT2D eigenvalue weighted by Gasteiger charge is 2.15. The molecule has 0 amide bonds. The number of halogens is 1. The average Bonchev–Trinajstić information content (AvgIpc) is 2.75. The molecule has 0 aliphatic heterocycles. The van der Waals surface area contributed by atoms with Crippen LogP contribution in [-0.4, -0.2) is 26.7 Å². The van der Waals surface area contributed by atoms with Gasteiger partial charge in [-0.15, -0.1) is 0 Å². The summed E-state index contributed by atoms with van der Waals surface area (Å²) in [5, 5.41) is 3.56. The van der Waals surface area contributed by atoms with E-state index < -0.39 is 0 Å². The first kappa shape index (κ1) is 22.8. The maximum Gasteiger partial charge on any atom is 0.123 e. The van der Waals surface area contributed by atoms with E-state index in [0.717, 1.165) is 30.8 Å². The van der Waals surface area contributed by atoms with Gasteiger partial charge in [0.1, 0.15) is 11.6 Å². The molecule has 1 atom stereocenters. The largest absolute Gasteiger partial charge is 0.491 e. The van der Waals surface area contributed by atoms with E-state index in [1.54, 1.807) is 0 Å². The fourth-order valence-corrected chi connectivity index (χ4v) is 3.66. The summed E-state index contributed by atoms with van der Waals surface area (Å²) in [6.07, 6.45) is 1.07. The second-order valence-corrected chi connectivity index (χ2v) is 8.37. The Bertz CT molecular complexity index is 919. The predicted octanol–water partition coefficient (Wildman–Crippen LogP) is 5.99. The predicted molar refractivity (Wildman–Crippen MR) is 128 cm³/mol. The quantitative estimate of drug-likeness (QED) is 0.408. The lowest BCUT2D eigenvalue weighted by molar-refractivity contribution is 0.242. The molecule has 0 aliphatic rings. The molecule has 0 radical (unpaired) electrons. The number of nitrogens with one attached hydrogen (secondary N) is 1. The molecule has 1 unspecified atom stereocenters. The average molecular weight is 421 g/mol. The molecule has 0 saturated carbocycles. The Hall–Kier alpha value is -2.85. The molecule has 0 heterocycles. The smallest absolute Gasteiger partial charge is 0.123 e. The van der Waals surface area contributed by atoms with Crippen LogP contribution in [0.3, 0.4) is 0 Å². The van der Waals surface area contributed by atoms with Crippen LogP contribution in [0.25, 0.3) is 0 Å². The number of ether oxygens (including phenoxy) is 1. The lowest BCUT2D eigenvalue weighted by atomic mass is 9.88. The van der Waals surface area contributed by atoms with Crippen molar-refractivity contribution < 1.29 is 9.13 Å². The van der Waals surface area contributed by atoms with Crippen LogP contribution in [-0.2, 0) is 6.54 Å². The molecule has 164 valence electrons. The van der Waals surface area contributed by atoms with Crippen molar-refractivity contribution in [2.75, 3.05) is 25.5 Å². The topological polar surface area (TPSA) is 24.5 Å². The van der Waals surface area contributed by atoms with Crippen LogP contribution >= 0.6 is 0 Å². The number of hydrogen-bond acceptors (Lipinski definition) is 3. The van der Waals surface area contributed by atoms with Crippen molar-refractivity contribution in [3.63, 3.8) is 0 Å². The molecule has 0 spiro atoms.